The molecular formula is C13H19NO3. The lowest BCUT2D eigenvalue weighted by Crippen LogP contribution is -2.18. The highest BCUT2D eigenvalue weighted by atomic mass is 16.5. The molecule has 0 bridgehead atoms. The van der Waals surface area contributed by atoms with Crippen molar-refractivity contribution in [3.8, 4) is 11.5 Å². The van der Waals surface area contributed by atoms with E-state index >= 15 is 0 Å². The Morgan fingerprint density at radius 2 is 2.18 bits per heavy atom. The maximum absolute atomic E-state index is 5.76. The molecule has 1 fully saturated rings. The monoisotopic (exact) mass is 237 g/mol. The molecule has 0 saturated carbocycles. The third-order valence-corrected chi connectivity index (χ3v) is 3.26. The van der Waals surface area contributed by atoms with Crippen LogP contribution in [0.3, 0.4) is 0 Å². The average Bonchev–Trinajstić information content (AvgIpc) is 2.85. The van der Waals surface area contributed by atoms with Crippen LogP contribution in [0.25, 0.3) is 0 Å². The van der Waals surface area contributed by atoms with E-state index in [0.29, 0.717) is 12.5 Å². The summed E-state index contributed by atoms with van der Waals surface area (Å²) in [5, 5.41) is 0. The minimum absolute atomic E-state index is 0.0425. The van der Waals surface area contributed by atoms with Crippen molar-refractivity contribution in [3.05, 3.63) is 23.8 Å². The molecule has 1 heterocycles. The molecule has 94 valence electrons. The molecule has 1 aliphatic heterocycles. The van der Waals surface area contributed by atoms with Crippen molar-refractivity contribution in [1.29, 1.82) is 0 Å². The molecule has 1 aromatic rings. The van der Waals surface area contributed by atoms with Crippen molar-refractivity contribution in [2.24, 2.45) is 11.7 Å². The predicted octanol–water partition coefficient (Wildman–Crippen LogP) is 1.74. The van der Waals surface area contributed by atoms with Crippen molar-refractivity contribution in [2.75, 3.05) is 27.4 Å². The molecule has 2 unspecified atom stereocenters. The fourth-order valence-electron chi connectivity index (χ4n) is 2.27. The van der Waals surface area contributed by atoms with Gasteiger partial charge < -0.3 is 19.9 Å². The molecule has 1 aromatic carbocycles. The van der Waals surface area contributed by atoms with E-state index in [0.717, 1.165) is 30.1 Å². The minimum atomic E-state index is 0.0425. The first-order chi connectivity index (χ1) is 8.30. The van der Waals surface area contributed by atoms with Gasteiger partial charge in [-0.3, -0.25) is 0 Å². The molecule has 0 spiro atoms. The number of hydrogen-bond acceptors (Lipinski definition) is 4. The van der Waals surface area contributed by atoms with Gasteiger partial charge in [0.15, 0.2) is 0 Å². The highest BCUT2D eigenvalue weighted by molar-refractivity contribution is 5.42. The Bertz CT molecular complexity index is 381. The van der Waals surface area contributed by atoms with Gasteiger partial charge in [0, 0.05) is 24.2 Å². The third kappa shape index (κ3) is 2.37. The SMILES string of the molecule is COc1ccc(C2OCCC2CN)c(OC)c1. The van der Waals surface area contributed by atoms with Crippen molar-refractivity contribution in [3.63, 3.8) is 0 Å². The number of rotatable bonds is 4. The molecule has 4 nitrogen and oxygen atoms in total. The van der Waals surface area contributed by atoms with E-state index in [2.05, 4.69) is 0 Å². The summed E-state index contributed by atoms with van der Waals surface area (Å²) in [6, 6.07) is 5.80. The Morgan fingerprint density at radius 1 is 1.35 bits per heavy atom. The van der Waals surface area contributed by atoms with E-state index in [1.54, 1.807) is 14.2 Å². The smallest absolute Gasteiger partial charge is 0.128 e. The van der Waals surface area contributed by atoms with E-state index < -0.39 is 0 Å². The number of nitrogens with two attached hydrogens (primary N) is 1. The Morgan fingerprint density at radius 3 is 2.82 bits per heavy atom. The molecule has 4 heteroatoms. The second-order valence-electron chi connectivity index (χ2n) is 4.18. The molecule has 1 aliphatic rings. The number of methoxy groups -OCH3 is 2. The van der Waals surface area contributed by atoms with Gasteiger partial charge in [-0.25, -0.2) is 0 Å². The summed E-state index contributed by atoms with van der Waals surface area (Å²) in [5.41, 5.74) is 6.82. The van der Waals surface area contributed by atoms with Crippen LogP contribution >= 0.6 is 0 Å². The van der Waals surface area contributed by atoms with E-state index in [9.17, 15) is 0 Å². The first-order valence-electron chi connectivity index (χ1n) is 5.83. The molecule has 0 amide bonds. The Hall–Kier alpha value is -1.26. The van der Waals surface area contributed by atoms with Crippen molar-refractivity contribution in [2.45, 2.75) is 12.5 Å². The second-order valence-corrected chi connectivity index (χ2v) is 4.18. The average molecular weight is 237 g/mol. The Kier molecular flexibility index (Phi) is 3.86. The molecule has 0 radical (unpaired) electrons. The molecule has 2 N–H and O–H groups in total. The molecular weight excluding hydrogens is 218 g/mol. The largest absolute Gasteiger partial charge is 0.497 e. The lowest BCUT2D eigenvalue weighted by molar-refractivity contribution is 0.0901. The molecule has 0 aliphatic carbocycles. The van der Waals surface area contributed by atoms with Crippen molar-refractivity contribution in [1.82, 2.24) is 0 Å². The highest BCUT2D eigenvalue weighted by Crippen LogP contribution is 2.39. The summed E-state index contributed by atoms with van der Waals surface area (Å²) in [6.07, 6.45) is 1.05. The van der Waals surface area contributed by atoms with Crippen LogP contribution in [-0.4, -0.2) is 27.4 Å². The second kappa shape index (κ2) is 5.38. The van der Waals surface area contributed by atoms with Gasteiger partial charge in [-0.05, 0) is 25.1 Å². The van der Waals surface area contributed by atoms with Crippen molar-refractivity contribution >= 4 is 0 Å². The fraction of sp³-hybridized carbons (Fsp3) is 0.538. The topological polar surface area (TPSA) is 53.7 Å². The van der Waals surface area contributed by atoms with Gasteiger partial charge in [-0.1, -0.05) is 0 Å². The van der Waals surface area contributed by atoms with Crippen LogP contribution in [0.2, 0.25) is 0 Å². The maximum atomic E-state index is 5.76. The van der Waals surface area contributed by atoms with Crippen LogP contribution in [0, 0.1) is 5.92 Å². The van der Waals surface area contributed by atoms with Crippen LogP contribution < -0.4 is 15.2 Å². The standard InChI is InChI=1S/C13H19NO3/c1-15-10-3-4-11(12(7-10)16-2)13-9(8-14)5-6-17-13/h3-4,7,9,13H,5-6,8,14H2,1-2H3. The van der Waals surface area contributed by atoms with E-state index in [1.807, 2.05) is 18.2 Å². The lowest BCUT2D eigenvalue weighted by atomic mass is 9.95. The summed E-state index contributed by atoms with van der Waals surface area (Å²) < 4.78 is 16.3. The van der Waals surface area contributed by atoms with Crippen LogP contribution in [0.15, 0.2) is 18.2 Å². The van der Waals surface area contributed by atoms with Gasteiger partial charge in [0.05, 0.1) is 20.3 Å². The summed E-state index contributed by atoms with van der Waals surface area (Å²) in [5.74, 6) is 1.96. The van der Waals surface area contributed by atoms with Gasteiger partial charge in [0.25, 0.3) is 0 Å². The first kappa shape index (κ1) is 12.2. The van der Waals surface area contributed by atoms with Crippen LogP contribution in [0.4, 0.5) is 0 Å². The van der Waals surface area contributed by atoms with Crippen LogP contribution in [0.5, 0.6) is 11.5 Å². The molecule has 2 rings (SSSR count). The van der Waals surface area contributed by atoms with E-state index in [-0.39, 0.29) is 6.10 Å². The molecule has 17 heavy (non-hydrogen) atoms. The minimum Gasteiger partial charge on any atom is -0.497 e. The number of benzene rings is 1. The van der Waals surface area contributed by atoms with Gasteiger partial charge >= 0.3 is 0 Å². The summed E-state index contributed by atoms with van der Waals surface area (Å²) in [6.45, 7) is 1.40. The summed E-state index contributed by atoms with van der Waals surface area (Å²) >= 11 is 0. The van der Waals surface area contributed by atoms with Gasteiger partial charge in [-0.15, -0.1) is 0 Å². The zero-order valence-electron chi connectivity index (χ0n) is 10.3. The van der Waals surface area contributed by atoms with Gasteiger partial charge in [-0.2, -0.15) is 0 Å². The number of ether oxygens (including phenoxy) is 3. The van der Waals surface area contributed by atoms with Gasteiger partial charge in [0.1, 0.15) is 11.5 Å². The third-order valence-electron chi connectivity index (χ3n) is 3.26. The van der Waals surface area contributed by atoms with E-state index in [1.165, 1.54) is 0 Å². The Labute approximate surface area is 102 Å². The maximum Gasteiger partial charge on any atom is 0.128 e. The molecule has 2 atom stereocenters. The first-order valence-corrected chi connectivity index (χ1v) is 5.83. The molecule has 0 aromatic heterocycles. The van der Waals surface area contributed by atoms with Gasteiger partial charge in [0.2, 0.25) is 0 Å². The normalized spacial score (nSPS) is 23.7. The number of hydrogen-bond donors (Lipinski definition) is 1. The summed E-state index contributed by atoms with van der Waals surface area (Å²) in [4.78, 5) is 0. The van der Waals surface area contributed by atoms with E-state index in [4.69, 9.17) is 19.9 Å². The Balaban J connectivity index is 2.30. The lowest BCUT2D eigenvalue weighted by Gasteiger charge is -2.20. The van der Waals surface area contributed by atoms with Crippen LogP contribution in [0.1, 0.15) is 18.1 Å². The zero-order chi connectivity index (χ0) is 12.3. The highest BCUT2D eigenvalue weighted by Gasteiger charge is 2.30. The van der Waals surface area contributed by atoms with Crippen molar-refractivity contribution < 1.29 is 14.2 Å². The molecule has 1 saturated heterocycles. The predicted molar refractivity (Wildman–Crippen MR) is 65.4 cm³/mol. The summed E-state index contributed by atoms with van der Waals surface area (Å²) in [7, 11) is 3.30. The zero-order valence-corrected chi connectivity index (χ0v) is 10.3. The fourth-order valence-corrected chi connectivity index (χ4v) is 2.27. The quantitative estimate of drug-likeness (QED) is 0.866. The van der Waals surface area contributed by atoms with Crippen LogP contribution in [-0.2, 0) is 4.74 Å².